The molecule has 1 saturated heterocycles. The van der Waals surface area contributed by atoms with Crippen molar-refractivity contribution in [3.8, 4) is 0 Å². The van der Waals surface area contributed by atoms with Crippen LogP contribution in [0.2, 0.25) is 0 Å². The van der Waals surface area contributed by atoms with E-state index in [1.165, 1.54) is 19.6 Å². The quantitative estimate of drug-likeness (QED) is 0.703. The highest BCUT2D eigenvalue weighted by Crippen LogP contribution is 2.12. The minimum Gasteiger partial charge on any atom is -0.339 e. The molecule has 1 aliphatic heterocycles. The fourth-order valence-electron chi connectivity index (χ4n) is 1.86. The number of amides is 3. The molecule has 1 aromatic heterocycles. The second kappa shape index (κ2) is 4.59. The van der Waals surface area contributed by atoms with E-state index >= 15 is 0 Å². The predicted octanol–water partition coefficient (Wildman–Crippen LogP) is -0.703. The van der Waals surface area contributed by atoms with Gasteiger partial charge in [0.05, 0.1) is 12.5 Å². The molecule has 0 radical (unpaired) electrons. The van der Waals surface area contributed by atoms with Crippen LogP contribution in [0.25, 0.3) is 0 Å². The number of aryl methyl sites for hydroxylation is 1. The van der Waals surface area contributed by atoms with Crippen molar-refractivity contribution in [3.63, 3.8) is 0 Å². The van der Waals surface area contributed by atoms with Crippen LogP contribution in [0.3, 0.4) is 0 Å². The zero-order valence-corrected chi connectivity index (χ0v) is 10.2. The Hall–Kier alpha value is -2.18. The van der Waals surface area contributed by atoms with E-state index in [1.54, 1.807) is 11.6 Å². The van der Waals surface area contributed by atoms with E-state index in [2.05, 4.69) is 10.3 Å². The minimum absolute atomic E-state index is 0.217. The Bertz CT molecular complexity index is 508. The molecule has 7 nitrogen and oxygen atoms in total. The van der Waals surface area contributed by atoms with Crippen LogP contribution in [0.4, 0.5) is 0 Å². The maximum absolute atomic E-state index is 11.9. The zero-order valence-electron chi connectivity index (χ0n) is 10.2. The first-order chi connectivity index (χ1) is 8.50. The molecule has 1 fully saturated rings. The van der Waals surface area contributed by atoms with Gasteiger partial charge < -0.3 is 9.88 Å². The van der Waals surface area contributed by atoms with Gasteiger partial charge in [0, 0.05) is 20.5 Å². The third-order valence-electron chi connectivity index (χ3n) is 3.00. The number of aromatic nitrogens is 2. The van der Waals surface area contributed by atoms with E-state index in [9.17, 15) is 14.4 Å². The summed E-state index contributed by atoms with van der Waals surface area (Å²) in [7, 11) is 3.12. The number of nitrogens with zero attached hydrogens (tertiary/aromatic N) is 3. The number of carbonyl (C=O) groups excluding carboxylic acids is 3. The molecule has 0 spiro atoms. The van der Waals surface area contributed by atoms with Crippen LogP contribution in [0, 0.1) is 0 Å². The van der Waals surface area contributed by atoms with Crippen molar-refractivity contribution >= 4 is 17.7 Å². The molecule has 0 saturated carbocycles. The van der Waals surface area contributed by atoms with Crippen LogP contribution in [0.15, 0.2) is 12.5 Å². The van der Waals surface area contributed by atoms with Crippen LogP contribution in [-0.4, -0.2) is 45.3 Å². The lowest BCUT2D eigenvalue weighted by Crippen LogP contribution is -2.53. The van der Waals surface area contributed by atoms with E-state index in [0.717, 1.165) is 4.90 Å². The van der Waals surface area contributed by atoms with E-state index < -0.39 is 6.04 Å². The summed E-state index contributed by atoms with van der Waals surface area (Å²) in [6.45, 7) is 0. The lowest BCUT2D eigenvalue weighted by molar-refractivity contribution is -0.147. The molecular weight excluding hydrogens is 236 g/mol. The maximum Gasteiger partial charge on any atom is 0.270 e. The van der Waals surface area contributed by atoms with E-state index in [0.29, 0.717) is 12.1 Å². The van der Waals surface area contributed by atoms with Gasteiger partial charge in [-0.2, -0.15) is 0 Å². The van der Waals surface area contributed by atoms with Gasteiger partial charge in [-0.25, -0.2) is 4.98 Å². The number of likely N-dealkylation sites (tertiary alicyclic amines) is 1. The molecule has 1 aliphatic rings. The SMILES string of the molecule is CN1C(=O)CCC(NC(=O)c2cncn2C)C1=O. The highest BCUT2D eigenvalue weighted by Gasteiger charge is 2.33. The summed E-state index contributed by atoms with van der Waals surface area (Å²) in [5.74, 6) is -0.955. The molecule has 18 heavy (non-hydrogen) atoms. The third-order valence-corrected chi connectivity index (χ3v) is 3.00. The first kappa shape index (κ1) is 12.3. The summed E-state index contributed by atoms with van der Waals surface area (Å²) in [5.41, 5.74) is 0.377. The van der Waals surface area contributed by atoms with Crippen LogP contribution in [0.1, 0.15) is 23.3 Å². The molecule has 3 amide bonds. The molecule has 0 aromatic carbocycles. The Balaban J connectivity index is 2.06. The molecule has 0 aliphatic carbocycles. The van der Waals surface area contributed by atoms with E-state index in [1.807, 2.05) is 0 Å². The largest absolute Gasteiger partial charge is 0.339 e. The standard InChI is InChI=1S/C11H14N4O3/c1-14-6-12-5-8(14)10(17)13-7-3-4-9(16)15(2)11(7)18/h5-7H,3-4H2,1-2H3,(H,13,17). The number of likely N-dealkylation sites (N-methyl/N-ethyl adjacent to an activating group) is 1. The smallest absolute Gasteiger partial charge is 0.270 e. The van der Waals surface area contributed by atoms with Crippen molar-refractivity contribution in [3.05, 3.63) is 18.2 Å². The molecular formula is C11H14N4O3. The molecule has 0 bridgehead atoms. The summed E-state index contributed by atoms with van der Waals surface area (Å²) in [6, 6.07) is -0.643. The molecule has 2 rings (SSSR count). The first-order valence-corrected chi connectivity index (χ1v) is 5.58. The highest BCUT2D eigenvalue weighted by atomic mass is 16.2. The maximum atomic E-state index is 11.9. The van der Waals surface area contributed by atoms with Gasteiger partial charge in [0.1, 0.15) is 11.7 Å². The molecule has 1 atom stereocenters. The lowest BCUT2D eigenvalue weighted by atomic mass is 10.0. The van der Waals surface area contributed by atoms with Gasteiger partial charge in [0.2, 0.25) is 5.91 Å². The number of imide groups is 1. The molecule has 96 valence electrons. The number of rotatable bonds is 2. The fourth-order valence-corrected chi connectivity index (χ4v) is 1.86. The normalized spacial score (nSPS) is 20.1. The van der Waals surface area contributed by atoms with Crippen molar-refractivity contribution in [2.45, 2.75) is 18.9 Å². The number of carbonyl (C=O) groups is 3. The van der Waals surface area contributed by atoms with Crippen molar-refractivity contribution < 1.29 is 14.4 Å². The topological polar surface area (TPSA) is 84.3 Å². The van der Waals surface area contributed by atoms with Crippen LogP contribution in [-0.2, 0) is 16.6 Å². The van der Waals surface area contributed by atoms with Crippen LogP contribution in [0.5, 0.6) is 0 Å². The summed E-state index contributed by atoms with van der Waals surface area (Å²) >= 11 is 0. The summed E-state index contributed by atoms with van der Waals surface area (Å²) in [4.78, 5) is 39.9. The Morgan fingerprint density at radius 3 is 2.78 bits per heavy atom. The third kappa shape index (κ3) is 2.11. The molecule has 7 heteroatoms. The second-order valence-electron chi connectivity index (χ2n) is 4.25. The number of nitrogens with one attached hydrogen (secondary N) is 1. The molecule has 2 heterocycles. The average molecular weight is 250 g/mol. The van der Waals surface area contributed by atoms with Gasteiger partial charge >= 0.3 is 0 Å². The van der Waals surface area contributed by atoms with Gasteiger partial charge in [0.25, 0.3) is 11.8 Å². The Labute approximate surface area is 104 Å². The summed E-state index contributed by atoms with van der Waals surface area (Å²) in [5, 5.41) is 2.62. The van der Waals surface area contributed by atoms with Gasteiger partial charge in [-0.05, 0) is 6.42 Å². The molecule has 1 aromatic rings. The second-order valence-corrected chi connectivity index (χ2v) is 4.25. The predicted molar refractivity (Wildman–Crippen MR) is 61.5 cm³/mol. The number of imidazole rings is 1. The van der Waals surface area contributed by atoms with Crippen molar-refractivity contribution in [1.82, 2.24) is 19.8 Å². The van der Waals surface area contributed by atoms with Crippen molar-refractivity contribution in [1.29, 1.82) is 0 Å². The van der Waals surface area contributed by atoms with Crippen LogP contribution >= 0.6 is 0 Å². The number of hydrogen-bond donors (Lipinski definition) is 1. The Morgan fingerprint density at radius 2 is 2.17 bits per heavy atom. The van der Waals surface area contributed by atoms with Gasteiger partial charge in [-0.15, -0.1) is 0 Å². The molecule has 1 unspecified atom stereocenters. The number of hydrogen-bond acceptors (Lipinski definition) is 4. The van der Waals surface area contributed by atoms with E-state index in [4.69, 9.17) is 0 Å². The lowest BCUT2D eigenvalue weighted by Gasteiger charge is -2.28. The average Bonchev–Trinajstić information content (AvgIpc) is 2.76. The monoisotopic (exact) mass is 250 g/mol. The van der Waals surface area contributed by atoms with Crippen molar-refractivity contribution in [2.24, 2.45) is 7.05 Å². The zero-order chi connectivity index (χ0) is 13.3. The van der Waals surface area contributed by atoms with Crippen molar-refractivity contribution in [2.75, 3.05) is 7.05 Å². The fraction of sp³-hybridized carbons (Fsp3) is 0.455. The van der Waals surface area contributed by atoms with Crippen LogP contribution < -0.4 is 5.32 Å². The molecule has 1 N–H and O–H groups in total. The van der Waals surface area contributed by atoms with E-state index in [-0.39, 0.29) is 24.1 Å². The highest BCUT2D eigenvalue weighted by molar-refractivity contribution is 6.03. The first-order valence-electron chi connectivity index (χ1n) is 5.58. The Kier molecular flexibility index (Phi) is 3.14. The number of piperidine rings is 1. The van der Waals surface area contributed by atoms with Gasteiger partial charge in [-0.1, -0.05) is 0 Å². The summed E-state index contributed by atoms with van der Waals surface area (Å²) < 4.78 is 1.57. The minimum atomic E-state index is -0.643. The van der Waals surface area contributed by atoms with Gasteiger partial charge in [0.15, 0.2) is 0 Å². The van der Waals surface area contributed by atoms with Gasteiger partial charge in [-0.3, -0.25) is 19.3 Å². The Morgan fingerprint density at radius 1 is 1.44 bits per heavy atom. The summed E-state index contributed by atoms with van der Waals surface area (Å²) in [6.07, 6.45) is 3.54.